The van der Waals surface area contributed by atoms with Crippen molar-refractivity contribution in [1.82, 2.24) is 0 Å². The maximum absolute atomic E-state index is 13.5. The summed E-state index contributed by atoms with van der Waals surface area (Å²) in [5.74, 6) is -0.440. The van der Waals surface area contributed by atoms with Gasteiger partial charge in [0.25, 0.3) is 0 Å². The summed E-state index contributed by atoms with van der Waals surface area (Å²) in [5.41, 5.74) is 8.63. The van der Waals surface area contributed by atoms with Crippen LogP contribution in [0.3, 0.4) is 0 Å². The molecule has 0 saturated carbocycles. The van der Waals surface area contributed by atoms with Gasteiger partial charge in [-0.05, 0) is 30.2 Å². The number of carbonyl (C=O) groups excluding carboxylic acids is 1. The lowest BCUT2D eigenvalue weighted by molar-refractivity contribution is -0.142. The van der Waals surface area contributed by atoms with Gasteiger partial charge in [-0.15, -0.1) is 0 Å². The minimum absolute atomic E-state index is 0.189. The molecule has 0 fully saturated rings. The first kappa shape index (κ1) is 18.7. The highest BCUT2D eigenvalue weighted by Gasteiger charge is 2.23. The van der Waals surface area contributed by atoms with Gasteiger partial charge >= 0.3 is 5.97 Å². The molecule has 1 atom stereocenters. The molecule has 26 heavy (non-hydrogen) atoms. The highest BCUT2D eigenvalue weighted by atomic mass is 35.5. The summed E-state index contributed by atoms with van der Waals surface area (Å²) in [7, 11) is 1.29. The fourth-order valence-corrected chi connectivity index (χ4v) is 3.59. The van der Waals surface area contributed by atoms with Gasteiger partial charge in [0.15, 0.2) is 0 Å². The highest BCUT2D eigenvalue weighted by Crippen LogP contribution is 2.44. The molecule has 0 bridgehead atoms. The van der Waals surface area contributed by atoms with Gasteiger partial charge in [-0.3, -0.25) is 4.79 Å². The zero-order chi connectivity index (χ0) is 18.8. The Hall–Kier alpha value is -2.08. The number of rotatable bonds is 4. The van der Waals surface area contributed by atoms with Gasteiger partial charge in [0.1, 0.15) is 24.2 Å². The molecule has 0 aromatic heterocycles. The Balaban J connectivity index is 2.11. The Morgan fingerprint density at radius 1 is 1.35 bits per heavy atom. The predicted molar refractivity (Wildman–Crippen MR) is 100 cm³/mol. The average molecular weight is 396 g/mol. The maximum Gasteiger partial charge on any atom is 0.322 e. The normalized spacial score (nSPS) is 13.7. The summed E-state index contributed by atoms with van der Waals surface area (Å²) in [5, 5.41) is 0.378. The third-order valence-corrected chi connectivity index (χ3v) is 4.71. The lowest BCUT2D eigenvalue weighted by atomic mass is 9.93. The van der Waals surface area contributed by atoms with Gasteiger partial charge in [0, 0.05) is 16.7 Å². The SMILES string of the molecule is COC(=O)[C@@H](N)Cc1ccc(-c2c(Cl)cc(F)cc2Cl)c2c1C=CCO2. The van der Waals surface area contributed by atoms with Crippen LogP contribution < -0.4 is 10.5 Å². The van der Waals surface area contributed by atoms with Gasteiger partial charge in [-0.2, -0.15) is 0 Å². The van der Waals surface area contributed by atoms with Gasteiger partial charge in [0.05, 0.1) is 17.2 Å². The highest BCUT2D eigenvalue weighted by molar-refractivity contribution is 6.39. The lowest BCUT2D eigenvalue weighted by Gasteiger charge is -2.22. The number of esters is 1. The zero-order valence-electron chi connectivity index (χ0n) is 13.9. The van der Waals surface area contributed by atoms with Crippen LogP contribution in [0.2, 0.25) is 10.0 Å². The van der Waals surface area contributed by atoms with Crippen LogP contribution in [0.5, 0.6) is 5.75 Å². The van der Waals surface area contributed by atoms with E-state index in [1.54, 1.807) is 6.07 Å². The molecule has 0 unspecified atom stereocenters. The molecule has 1 aliphatic rings. The summed E-state index contributed by atoms with van der Waals surface area (Å²) in [4.78, 5) is 11.6. The van der Waals surface area contributed by atoms with E-state index in [1.165, 1.54) is 19.2 Å². The number of benzene rings is 2. The molecular weight excluding hydrogens is 380 g/mol. The number of halogens is 3. The Labute approximate surface area is 160 Å². The van der Waals surface area contributed by atoms with Crippen LogP contribution in [-0.4, -0.2) is 25.7 Å². The minimum Gasteiger partial charge on any atom is -0.488 e. The Bertz CT molecular complexity index is 876. The van der Waals surface area contributed by atoms with Crippen LogP contribution in [0, 0.1) is 5.82 Å². The fraction of sp³-hybridized carbons (Fsp3) is 0.211. The van der Waals surface area contributed by atoms with Crippen molar-refractivity contribution in [3.8, 4) is 16.9 Å². The molecule has 2 aromatic rings. The van der Waals surface area contributed by atoms with E-state index >= 15 is 0 Å². The van der Waals surface area contributed by atoms with Gasteiger partial charge in [0.2, 0.25) is 0 Å². The molecule has 7 heteroatoms. The van der Waals surface area contributed by atoms with Crippen molar-refractivity contribution >= 4 is 35.2 Å². The van der Waals surface area contributed by atoms with E-state index in [9.17, 15) is 9.18 Å². The van der Waals surface area contributed by atoms with Crippen molar-refractivity contribution in [1.29, 1.82) is 0 Å². The standard InChI is InChI=1S/C19H16Cl2FNO3/c1-25-19(24)16(23)7-10-4-5-13(18-12(10)3-2-6-26-18)17-14(20)8-11(22)9-15(17)21/h2-5,8-9,16H,6-7,23H2,1H3/t16-/m0/s1. The number of carbonyl (C=O) groups is 1. The predicted octanol–water partition coefficient (Wildman–Crippen LogP) is 4.25. The molecule has 0 aliphatic carbocycles. The number of hydrogen-bond donors (Lipinski definition) is 1. The monoisotopic (exact) mass is 395 g/mol. The first-order chi connectivity index (χ1) is 12.4. The summed E-state index contributed by atoms with van der Waals surface area (Å²) >= 11 is 12.4. The van der Waals surface area contributed by atoms with Crippen molar-refractivity contribution in [3.63, 3.8) is 0 Å². The number of ether oxygens (including phenoxy) is 2. The molecule has 1 heterocycles. The van der Waals surface area contributed by atoms with Crippen LogP contribution in [0.4, 0.5) is 4.39 Å². The topological polar surface area (TPSA) is 61.5 Å². The van der Waals surface area contributed by atoms with Crippen molar-refractivity contribution in [2.24, 2.45) is 5.73 Å². The van der Waals surface area contributed by atoms with E-state index in [0.717, 1.165) is 11.1 Å². The number of methoxy groups -OCH3 is 1. The van der Waals surface area contributed by atoms with Crippen LogP contribution in [0.25, 0.3) is 17.2 Å². The maximum atomic E-state index is 13.5. The molecule has 0 saturated heterocycles. The molecule has 3 rings (SSSR count). The summed E-state index contributed by atoms with van der Waals surface area (Å²) in [6.07, 6.45) is 4.04. The van der Waals surface area contributed by atoms with Crippen LogP contribution >= 0.6 is 23.2 Å². The van der Waals surface area contributed by atoms with E-state index in [2.05, 4.69) is 4.74 Å². The molecule has 2 aromatic carbocycles. The number of nitrogens with two attached hydrogens (primary N) is 1. The van der Waals surface area contributed by atoms with Crippen molar-refractivity contribution < 1.29 is 18.7 Å². The molecule has 1 aliphatic heterocycles. The molecule has 0 radical (unpaired) electrons. The largest absolute Gasteiger partial charge is 0.488 e. The Morgan fingerprint density at radius 2 is 2.04 bits per heavy atom. The first-order valence-electron chi connectivity index (χ1n) is 7.86. The third-order valence-electron chi connectivity index (χ3n) is 4.11. The summed E-state index contributed by atoms with van der Waals surface area (Å²) < 4.78 is 24.0. The number of fused-ring (bicyclic) bond motifs is 1. The van der Waals surface area contributed by atoms with Gasteiger partial charge in [-0.25, -0.2) is 4.39 Å². The van der Waals surface area contributed by atoms with Crippen molar-refractivity contribution in [2.45, 2.75) is 12.5 Å². The van der Waals surface area contributed by atoms with Crippen LogP contribution in [-0.2, 0) is 16.0 Å². The van der Waals surface area contributed by atoms with E-state index in [0.29, 0.717) is 23.5 Å². The second-order valence-corrected chi connectivity index (χ2v) is 6.62. The second-order valence-electron chi connectivity index (χ2n) is 5.81. The van der Waals surface area contributed by atoms with Gasteiger partial charge in [-0.1, -0.05) is 41.4 Å². The molecule has 4 nitrogen and oxygen atoms in total. The molecule has 0 amide bonds. The molecular formula is C19H16Cl2FNO3. The zero-order valence-corrected chi connectivity index (χ0v) is 15.4. The van der Waals surface area contributed by atoms with E-state index in [-0.39, 0.29) is 16.5 Å². The van der Waals surface area contributed by atoms with Crippen LogP contribution in [0.1, 0.15) is 11.1 Å². The van der Waals surface area contributed by atoms with E-state index in [4.69, 9.17) is 33.7 Å². The first-order valence-corrected chi connectivity index (χ1v) is 8.61. The molecule has 0 spiro atoms. The van der Waals surface area contributed by atoms with Gasteiger partial charge < -0.3 is 15.2 Å². The Kier molecular flexibility index (Phi) is 5.51. The van der Waals surface area contributed by atoms with Crippen molar-refractivity contribution in [3.05, 3.63) is 57.3 Å². The van der Waals surface area contributed by atoms with E-state index < -0.39 is 17.8 Å². The van der Waals surface area contributed by atoms with E-state index in [1.807, 2.05) is 18.2 Å². The smallest absolute Gasteiger partial charge is 0.322 e. The average Bonchev–Trinajstić information content (AvgIpc) is 2.61. The lowest BCUT2D eigenvalue weighted by Crippen LogP contribution is -2.33. The minimum atomic E-state index is -0.789. The second kappa shape index (κ2) is 7.66. The quantitative estimate of drug-likeness (QED) is 0.786. The third kappa shape index (κ3) is 3.56. The number of hydrogen-bond acceptors (Lipinski definition) is 4. The summed E-state index contributed by atoms with van der Waals surface area (Å²) in [6.45, 7) is 0.378. The Morgan fingerprint density at radius 3 is 2.69 bits per heavy atom. The summed E-state index contributed by atoms with van der Waals surface area (Å²) in [6, 6.07) is 5.22. The molecule has 136 valence electrons. The molecule has 2 N–H and O–H groups in total. The van der Waals surface area contributed by atoms with Crippen LogP contribution in [0.15, 0.2) is 30.3 Å². The fourth-order valence-electron chi connectivity index (χ4n) is 2.92. The van der Waals surface area contributed by atoms with Crippen molar-refractivity contribution in [2.75, 3.05) is 13.7 Å².